The molecular formula is C13H16Cl3N3O2S. The Balaban J connectivity index is 2.75. The monoisotopic (exact) mass is 383 g/mol. The molecule has 9 heteroatoms. The van der Waals surface area contributed by atoms with Crippen LogP contribution in [0, 0.1) is 5.92 Å². The Morgan fingerprint density at radius 1 is 1.23 bits per heavy atom. The van der Waals surface area contributed by atoms with Gasteiger partial charge < -0.3 is 21.1 Å². The van der Waals surface area contributed by atoms with Crippen LogP contribution in [0.25, 0.3) is 0 Å². The molecule has 0 fully saturated rings. The molecule has 22 heavy (non-hydrogen) atoms. The SMILES string of the molecule is CC(C)C(=O)N[C@H](NC(=S)Nc1ccccc1O)C(Cl)(Cl)Cl. The molecule has 0 saturated carbocycles. The van der Waals surface area contributed by atoms with Gasteiger partial charge in [0.25, 0.3) is 0 Å². The van der Waals surface area contributed by atoms with Crippen molar-refractivity contribution in [3.63, 3.8) is 0 Å². The summed E-state index contributed by atoms with van der Waals surface area (Å²) in [5.41, 5.74) is 0.387. The molecule has 1 aromatic carbocycles. The van der Waals surface area contributed by atoms with Gasteiger partial charge in [0.15, 0.2) is 5.11 Å². The average molecular weight is 385 g/mol. The molecule has 0 spiro atoms. The first-order valence-corrected chi connectivity index (χ1v) is 7.88. The number of para-hydroxylation sites is 2. The largest absolute Gasteiger partial charge is 0.506 e. The number of carbonyl (C=O) groups is 1. The first-order chi connectivity index (χ1) is 10.1. The van der Waals surface area contributed by atoms with Gasteiger partial charge in [0.2, 0.25) is 9.70 Å². The lowest BCUT2D eigenvalue weighted by Gasteiger charge is -2.28. The zero-order valence-electron chi connectivity index (χ0n) is 11.9. The molecule has 1 aromatic rings. The summed E-state index contributed by atoms with van der Waals surface area (Å²) in [5, 5.41) is 17.8. The van der Waals surface area contributed by atoms with Crippen LogP contribution in [-0.4, -0.2) is 26.1 Å². The lowest BCUT2D eigenvalue weighted by Crippen LogP contribution is -2.56. The Morgan fingerprint density at radius 2 is 1.82 bits per heavy atom. The average Bonchev–Trinajstić information content (AvgIpc) is 2.39. The number of carbonyl (C=O) groups excluding carboxylic acids is 1. The van der Waals surface area contributed by atoms with Crippen molar-refractivity contribution in [2.75, 3.05) is 5.32 Å². The predicted molar refractivity (Wildman–Crippen MR) is 94.5 cm³/mol. The third kappa shape index (κ3) is 6.04. The molecular weight excluding hydrogens is 369 g/mol. The zero-order chi connectivity index (χ0) is 16.9. The van der Waals surface area contributed by atoms with Gasteiger partial charge in [-0.3, -0.25) is 4.79 Å². The maximum absolute atomic E-state index is 11.8. The number of hydrogen-bond acceptors (Lipinski definition) is 3. The lowest BCUT2D eigenvalue weighted by molar-refractivity contribution is -0.124. The lowest BCUT2D eigenvalue weighted by atomic mass is 10.2. The molecule has 5 nitrogen and oxygen atoms in total. The van der Waals surface area contributed by atoms with Crippen molar-refractivity contribution in [2.45, 2.75) is 23.8 Å². The van der Waals surface area contributed by atoms with Crippen molar-refractivity contribution in [3.05, 3.63) is 24.3 Å². The van der Waals surface area contributed by atoms with E-state index in [-0.39, 0.29) is 22.7 Å². The van der Waals surface area contributed by atoms with Gasteiger partial charge in [-0.1, -0.05) is 60.8 Å². The van der Waals surface area contributed by atoms with Gasteiger partial charge in [0.1, 0.15) is 11.9 Å². The second kappa shape index (κ2) is 8.06. The van der Waals surface area contributed by atoms with Gasteiger partial charge in [0.05, 0.1) is 5.69 Å². The first-order valence-electron chi connectivity index (χ1n) is 6.34. The van der Waals surface area contributed by atoms with E-state index >= 15 is 0 Å². The molecule has 122 valence electrons. The van der Waals surface area contributed by atoms with Crippen molar-refractivity contribution in [1.29, 1.82) is 0 Å². The van der Waals surface area contributed by atoms with E-state index in [0.29, 0.717) is 5.69 Å². The van der Waals surface area contributed by atoms with Gasteiger partial charge in [0, 0.05) is 5.92 Å². The van der Waals surface area contributed by atoms with Crippen LogP contribution in [0.15, 0.2) is 24.3 Å². The summed E-state index contributed by atoms with van der Waals surface area (Å²) in [5.74, 6) is -0.561. The number of aromatic hydroxyl groups is 1. The van der Waals surface area contributed by atoms with E-state index in [1.165, 1.54) is 6.07 Å². The third-order valence-electron chi connectivity index (χ3n) is 2.57. The number of thiocarbonyl (C=S) groups is 1. The van der Waals surface area contributed by atoms with Crippen LogP contribution >= 0.6 is 47.0 Å². The number of hydrogen-bond donors (Lipinski definition) is 4. The summed E-state index contributed by atoms with van der Waals surface area (Å²) in [7, 11) is 0. The normalized spacial score (nSPS) is 12.6. The maximum Gasteiger partial charge on any atom is 0.228 e. The van der Waals surface area contributed by atoms with Crippen molar-refractivity contribution in [2.24, 2.45) is 5.92 Å². The van der Waals surface area contributed by atoms with E-state index in [1.807, 2.05) is 0 Å². The number of alkyl halides is 3. The van der Waals surface area contributed by atoms with Crippen LogP contribution in [0.1, 0.15) is 13.8 Å². The molecule has 4 N–H and O–H groups in total. The predicted octanol–water partition coefficient (Wildman–Crippen LogP) is 3.15. The van der Waals surface area contributed by atoms with E-state index in [0.717, 1.165) is 0 Å². The van der Waals surface area contributed by atoms with Crippen LogP contribution in [0.5, 0.6) is 5.75 Å². The summed E-state index contributed by atoms with van der Waals surface area (Å²) in [4.78, 5) is 11.8. The van der Waals surface area contributed by atoms with Crippen LogP contribution < -0.4 is 16.0 Å². The van der Waals surface area contributed by atoms with Crippen LogP contribution in [0.2, 0.25) is 0 Å². The summed E-state index contributed by atoms with van der Waals surface area (Å²) in [6, 6.07) is 6.51. The number of amides is 1. The number of phenols is 1. The Labute approximate surface area is 149 Å². The maximum atomic E-state index is 11.8. The van der Waals surface area contributed by atoms with Crippen LogP contribution in [0.4, 0.5) is 5.69 Å². The minimum Gasteiger partial charge on any atom is -0.506 e. The van der Waals surface area contributed by atoms with E-state index in [1.54, 1.807) is 32.0 Å². The van der Waals surface area contributed by atoms with Gasteiger partial charge >= 0.3 is 0 Å². The molecule has 0 unspecified atom stereocenters. The number of anilines is 1. The van der Waals surface area contributed by atoms with Crippen molar-refractivity contribution >= 4 is 63.7 Å². The van der Waals surface area contributed by atoms with E-state index in [4.69, 9.17) is 47.0 Å². The topological polar surface area (TPSA) is 73.4 Å². The highest BCUT2D eigenvalue weighted by Crippen LogP contribution is 2.29. The molecule has 0 radical (unpaired) electrons. The van der Waals surface area contributed by atoms with Crippen molar-refractivity contribution < 1.29 is 9.90 Å². The molecule has 0 aliphatic heterocycles. The number of rotatable bonds is 4. The van der Waals surface area contributed by atoms with Gasteiger partial charge in [-0.2, -0.15) is 0 Å². The van der Waals surface area contributed by atoms with Crippen molar-refractivity contribution in [3.8, 4) is 5.75 Å². The van der Waals surface area contributed by atoms with Crippen LogP contribution in [0.3, 0.4) is 0 Å². The minimum atomic E-state index is -1.81. The molecule has 1 rings (SSSR count). The fraction of sp³-hybridized carbons (Fsp3) is 0.385. The molecule has 0 saturated heterocycles. The summed E-state index contributed by atoms with van der Waals surface area (Å²) >= 11 is 22.6. The zero-order valence-corrected chi connectivity index (χ0v) is 14.9. The first kappa shape index (κ1) is 19.1. The molecule has 1 amide bonds. The van der Waals surface area contributed by atoms with Gasteiger partial charge in [-0.25, -0.2) is 0 Å². The Kier molecular flexibility index (Phi) is 6.99. The molecule has 0 aliphatic carbocycles. The third-order valence-corrected chi connectivity index (χ3v) is 3.44. The quantitative estimate of drug-likeness (QED) is 0.278. The molecule has 0 heterocycles. The fourth-order valence-corrected chi connectivity index (χ4v) is 1.93. The molecule has 0 bridgehead atoms. The molecule has 0 aromatic heterocycles. The highest BCUT2D eigenvalue weighted by atomic mass is 35.6. The minimum absolute atomic E-state index is 0.0169. The van der Waals surface area contributed by atoms with Gasteiger partial charge in [-0.05, 0) is 24.4 Å². The van der Waals surface area contributed by atoms with Crippen LogP contribution in [-0.2, 0) is 4.79 Å². The Hall–Kier alpha value is -0.950. The summed E-state index contributed by atoms with van der Waals surface area (Å²) < 4.78 is -1.81. The summed E-state index contributed by atoms with van der Waals surface area (Å²) in [6.45, 7) is 3.42. The fourth-order valence-electron chi connectivity index (χ4n) is 1.38. The van der Waals surface area contributed by atoms with E-state index in [2.05, 4.69) is 16.0 Å². The number of nitrogens with one attached hydrogen (secondary N) is 3. The highest BCUT2D eigenvalue weighted by molar-refractivity contribution is 7.80. The number of benzene rings is 1. The Morgan fingerprint density at radius 3 is 2.32 bits per heavy atom. The van der Waals surface area contributed by atoms with Gasteiger partial charge in [-0.15, -0.1) is 0 Å². The Bertz CT molecular complexity index is 550. The van der Waals surface area contributed by atoms with Crippen molar-refractivity contribution in [1.82, 2.24) is 10.6 Å². The smallest absolute Gasteiger partial charge is 0.228 e. The number of halogens is 3. The number of phenolic OH excluding ortho intramolecular Hbond substituents is 1. The van der Waals surface area contributed by atoms with E-state index in [9.17, 15) is 9.90 Å². The second-order valence-corrected chi connectivity index (χ2v) is 7.53. The molecule has 0 aliphatic rings. The molecule has 1 atom stereocenters. The summed E-state index contributed by atoms with van der Waals surface area (Å²) in [6.07, 6.45) is -1.03. The van der Waals surface area contributed by atoms with E-state index < -0.39 is 9.96 Å². The highest BCUT2D eigenvalue weighted by Gasteiger charge is 2.35. The second-order valence-electron chi connectivity index (χ2n) is 4.75. The standard InChI is InChI=1S/C13H16Cl3N3O2S/c1-7(2)10(21)18-11(13(14,15)16)19-12(22)17-8-5-3-4-6-9(8)20/h3-7,11,20H,1-2H3,(H,18,21)(H2,17,19,22)/t11-/m1/s1.